The van der Waals surface area contributed by atoms with Gasteiger partial charge in [0.05, 0.1) is 10.9 Å². The van der Waals surface area contributed by atoms with Crippen molar-refractivity contribution in [2.75, 3.05) is 46.4 Å². The molecule has 0 spiro atoms. The molecule has 3 amide bonds. The van der Waals surface area contributed by atoms with Crippen LogP contribution in [0, 0.1) is 0 Å². The normalized spacial score (nSPS) is 22.8. The number of nitrogens with one attached hydrogen (secondary N) is 1. The molecule has 3 fully saturated rings. The molecule has 3 aliphatic rings. The molecule has 1 N–H and O–H groups in total. The van der Waals surface area contributed by atoms with Gasteiger partial charge in [0.2, 0.25) is 0 Å². The minimum Gasteiger partial charge on any atom is -0.381 e. The Morgan fingerprint density at radius 3 is 2.44 bits per heavy atom. The summed E-state index contributed by atoms with van der Waals surface area (Å²) >= 11 is 1.54. The average molecular weight is 511 g/mol. The molecule has 2 atom stereocenters. The largest absolute Gasteiger partial charge is 0.381 e. The van der Waals surface area contributed by atoms with Gasteiger partial charge >= 0.3 is 6.03 Å². The molecule has 1 unspecified atom stereocenters. The molecule has 0 radical (unpaired) electrons. The van der Waals surface area contributed by atoms with Crippen molar-refractivity contribution < 1.29 is 14.3 Å². The Morgan fingerprint density at radius 1 is 0.972 bits per heavy atom. The maximum Gasteiger partial charge on any atom is 0.320 e. The van der Waals surface area contributed by atoms with Crippen LogP contribution in [-0.2, 0) is 11.2 Å². The van der Waals surface area contributed by atoms with Crippen molar-refractivity contribution in [3.05, 3.63) is 46.8 Å². The molecule has 4 heterocycles. The zero-order chi connectivity index (χ0) is 25.1. The summed E-state index contributed by atoms with van der Waals surface area (Å²) in [6.45, 7) is 6.68. The van der Waals surface area contributed by atoms with Gasteiger partial charge in [0.1, 0.15) is 0 Å². The molecular formula is C28H38N4O3S. The van der Waals surface area contributed by atoms with Gasteiger partial charge in [-0.15, -0.1) is 11.3 Å². The first-order valence-corrected chi connectivity index (χ1v) is 14.2. The van der Waals surface area contributed by atoms with Crippen LogP contribution < -0.4 is 5.32 Å². The van der Waals surface area contributed by atoms with E-state index >= 15 is 0 Å². The van der Waals surface area contributed by atoms with E-state index in [0.717, 1.165) is 73.7 Å². The number of benzene rings is 1. The number of hydrogen-bond acceptors (Lipinski definition) is 5. The molecule has 3 aliphatic heterocycles. The highest BCUT2D eigenvalue weighted by Gasteiger charge is 2.36. The number of carbonyl (C=O) groups is 2. The fraction of sp³-hybridized carbons (Fsp3) is 0.571. The number of rotatable bonds is 6. The summed E-state index contributed by atoms with van der Waals surface area (Å²) in [7, 11) is 1.88. The van der Waals surface area contributed by atoms with Crippen LogP contribution in [0.25, 0.3) is 10.4 Å². The van der Waals surface area contributed by atoms with Crippen molar-refractivity contribution in [3.63, 3.8) is 0 Å². The second-order valence-corrected chi connectivity index (χ2v) is 11.4. The first-order chi connectivity index (χ1) is 17.5. The van der Waals surface area contributed by atoms with Crippen molar-refractivity contribution in [2.45, 2.75) is 57.2 Å². The number of ether oxygens (including phenoxy) is 1. The maximum absolute atomic E-state index is 13.2. The van der Waals surface area contributed by atoms with Crippen LogP contribution in [0.15, 0.2) is 36.4 Å². The first kappa shape index (κ1) is 25.2. The summed E-state index contributed by atoms with van der Waals surface area (Å²) in [6.07, 6.45) is 4.94. The van der Waals surface area contributed by atoms with E-state index < -0.39 is 0 Å². The number of likely N-dealkylation sites (tertiary alicyclic amines) is 2. The van der Waals surface area contributed by atoms with Crippen LogP contribution >= 0.6 is 11.3 Å². The van der Waals surface area contributed by atoms with Gasteiger partial charge in [0.15, 0.2) is 0 Å². The summed E-state index contributed by atoms with van der Waals surface area (Å²) in [6, 6.07) is 13.6. The lowest BCUT2D eigenvalue weighted by molar-refractivity contribution is 0.0739. The fourth-order valence-electron chi connectivity index (χ4n) is 5.55. The third kappa shape index (κ3) is 5.61. The molecular weight excluding hydrogens is 472 g/mol. The monoisotopic (exact) mass is 510 g/mol. The molecule has 0 bridgehead atoms. The lowest BCUT2D eigenvalue weighted by Gasteiger charge is -2.28. The summed E-state index contributed by atoms with van der Waals surface area (Å²) < 4.78 is 5.46. The van der Waals surface area contributed by atoms with Gasteiger partial charge in [-0.2, -0.15) is 0 Å². The Bertz CT molecular complexity index is 1050. The van der Waals surface area contributed by atoms with E-state index in [0.29, 0.717) is 25.2 Å². The first-order valence-electron chi connectivity index (χ1n) is 13.4. The molecule has 0 aliphatic carbocycles. The van der Waals surface area contributed by atoms with E-state index in [-0.39, 0.29) is 18.0 Å². The van der Waals surface area contributed by atoms with E-state index in [1.165, 1.54) is 5.56 Å². The molecule has 0 saturated carbocycles. The Labute approximate surface area is 218 Å². The molecule has 5 rings (SSSR count). The topological polar surface area (TPSA) is 65.1 Å². The van der Waals surface area contributed by atoms with Crippen molar-refractivity contribution >= 4 is 23.3 Å². The van der Waals surface area contributed by atoms with Crippen LogP contribution in [0.3, 0.4) is 0 Å². The lowest BCUT2D eigenvalue weighted by Crippen LogP contribution is -2.46. The van der Waals surface area contributed by atoms with Crippen molar-refractivity contribution in [1.82, 2.24) is 20.0 Å². The highest BCUT2D eigenvalue weighted by Crippen LogP contribution is 2.30. The molecule has 8 heteroatoms. The number of hydrogen-bond donors (Lipinski definition) is 1. The smallest absolute Gasteiger partial charge is 0.320 e. The Hall–Kier alpha value is -2.42. The number of aryl methyl sites for hydroxylation is 1. The standard InChI is InChI=1S/C28H38N4O3S/c1-3-20-4-6-21(7-5-20)25-8-9-26(36-25)27(33)30(2)24-11-15-32(19-24)28(34)31-14-10-23(18-31)29-22-12-16-35-17-13-22/h4-9,22-24,29H,3,10-19H2,1-2H3/t23-,24?/m1/s1. The Kier molecular flexibility index (Phi) is 7.93. The van der Waals surface area contributed by atoms with E-state index in [1.54, 1.807) is 11.3 Å². The van der Waals surface area contributed by atoms with Crippen molar-refractivity contribution in [3.8, 4) is 10.4 Å². The SMILES string of the molecule is CCc1ccc(-c2ccc(C(=O)N(C)C3CCN(C(=O)N4CC[C@@H](NC5CCOCC5)C4)C3)s2)cc1. The molecule has 36 heavy (non-hydrogen) atoms. The predicted molar refractivity (Wildman–Crippen MR) is 144 cm³/mol. The van der Waals surface area contributed by atoms with Gasteiger partial charge < -0.3 is 24.8 Å². The van der Waals surface area contributed by atoms with Gasteiger partial charge in [-0.3, -0.25) is 4.79 Å². The number of thiophene rings is 1. The van der Waals surface area contributed by atoms with Crippen LogP contribution in [0.2, 0.25) is 0 Å². The number of carbonyl (C=O) groups excluding carboxylic acids is 2. The van der Waals surface area contributed by atoms with Crippen LogP contribution in [-0.4, -0.2) is 91.2 Å². The average Bonchev–Trinajstić information content (AvgIpc) is 3.69. The minimum absolute atomic E-state index is 0.0395. The van der Waals surface area contributed by atoms with E-state index in [1.807, 2.05) is 33.9 Å². The predicted octanol–water partition coefficient (Wildman–Crippen LogP) is 4.09. The number of likely N-dealkylation sites (N-methyl/N-ethyl adjacent to an activating group) is 1. The summed E-state index contributed by atoms with van der Waals surface area (Å²) in [5.74, 6) is 0.0395. The van der Waals surface area contributed by atoms with Crippen molar-refractivity contribution in [1.29, 1.82) is 0 Å². The number of urea groups is 1. The Balaban J connectivity index is 1.13. The quantitative estimate of drug-likeness (QED) is 0.636. The summed E-state index contributed by atoms with van der Waals surface area (Å²) in [4.78, 5) is 34.1. The second-order valence-electron chi connectivity index (χ2n) is 10.3. The van der Waals surface area contributed by atoms with E-state index in [2.05, 4.69) is 36.5 Å². The second kappa shape index (κ2) is 11.3. The van der Waals surface area contributed by atoms with Gasteiger partial charge in [0.25, 0.3) is 5.91 Å². The van der Waals surface area contributed by atoms with Crippen LogP contribution in [0.4, 0.5) is 4.79 Å². The highest BCUT2D eigenvalue weighted by atomic mass is 32.1. The molecule has 2 aromatic rings. The molecule has 7 nitrogen and oxygen atoms in total. The van der Waals surface area contributed by atoms with Gasteiger partial charge in [-0.05, 0) is 55.4 Å². The fourth-order valence-corrected chi connectivity index (χ4v) is 6.55. The number of nitrogens with zero attached hydrogens (tertiary/aromatic N) is 3. The number of amides is 3. The zero-order valence-electron chi connectivity index (χ0n) is 21.4. The Morgan fingerprint density at radius 2 is 1.69 bits per heavy atom. The molecule has 3 saturated heterocycles. The maximum atomic E-state index is 13.2. The third-order valence-corrected chi connectivity index (χ3v) is 9.04. The summed E-state index contributed by atoms with van der Waals surface area (Å²) in [5.41, 5.74) is 2.46. The van der Waals surface area contributed by atoms with Gasteiger partial charge in [-0.25, -0.2) is 4.79 Å². The summed E-state index contributed by atoms with van der Waals surface area (Å²) in [5, 5.41) is 3.73. The van der Waals surface area contributed by atoms with Gasteiger partial charge in [0, 0.05) is 63.4 Å². The van der Waals surface area contributed by atoms with E-state index in [4.69, 9.17) is 4.74 Å². The van der Waals surface area contributed by atoms with Crippen LogP contribution in [0.5, 0.6) is 0 Å². The van der Waals surface area contributed by atoms with Crippen LogP contribution in [0.1, 0.15) is 47.8 Å². The lowest BCUT2D eigenvalue weighted by atomic mass is 10.1. The third-order valence-electron chi connectivity index (χ3n) is 7.92. The minimum atomic E-state index is 0.0395. The van der Waals surface area contributed by atoms with Gasteiger partial charge in [-0.1, -0.05) is 31.2 Å². The van der Waals surface area contributed by atoms with E-state index in [9.17, 15) is 9.59 Å². The molecule has 1 aromatic carbocycles. The highest BCUT2D eigenvalue weighted by molar-refractivity contribution is 7.17. The molecule has 1 aromatic heterocycles. The zero-order valence-corrected chi connectivity index (χ0v) is 22.3. The van der Waals surface area contributed by atoms with Crippen molar-refractivity contribution in [2.24, 2.45) is 0 Å². The molecule has 194 valence electrons.